The van der Waals surface area contributed by atoms with E-state index in [-0.39, 0.29) is 5.91 Å². The van der Waals surface area contributed by atoms with Crippen LogP contribution in [0.1, 0.15) is 21.5 Å². The van der Waals surface area contributed by atoms with Gasteiger partial charge in [-0.15, -0.1) is 0 Å². The molecule has 0 atom stereocenters. The Balaban J connectivity index is 2.28. The third-order valence-electron chi connectivity index (χ3n) is 3.01. The molecule has 2 aromatic rings. The minimum absolute atomic E-state index is 0.164. The predicted octanol–water partition coefficient (Wildman–Crippen LogP) is 3.79. The molecule has 2 rings (SSSR count). The number of hydrogen-bond acceptors (Lipinski definition) is 2. The quantitative estimate of drug-likeness (QED) is 0.819. The summed E-state index contributed by atoms with van der Waals surface area (Å²) in [4.78, 5) is 12.2. The van der Waals surface area contributed by atoms with Gasteiger partial charge >= 0.3 is 0 Å². The first-order valence-electron chi connectivity index (χ1n) is 5.91. The van der Waals surface area contributed by atoms with E-state index in [0.717, 1.165) is 11.1 Å². The highest BCUT2D eigenvalue weighted by atomic mass is 35.5. The van der Waals surface area contributed by atoms with Crippen LogP contribution in [0.2, 0.25) is 5.02 Å². The molecular formula is C15H15ClN2O. The maximum absolute atomic E-state index is 12.2. The number of rotatable bonds is 2. The van der Waals surface area contributed by atoms with Crippen molar-refractivity contribution in [2.24, 2.45) is 0 Å². The van der Waals surface area contributed by atoms with Crippen molar-refractivity contribution in [1.29, 1.82) is 0 Å². The highest BCUT2D eigenvalue weighted by molar-refractivity contribution is 6.31. The smallest absolute Gasteiger partial charge is 0.255 e. The minimum Gasteiger partial charge on any atom is -0.399 e. The number of hydrogen-bond donors (Lipinski definition) is 2. The van der Waals surface area contributed by atoms with Crippen LogP contribution in [0.5, 0.6) is 0 Å². The van der Waals surface area contributed by atoms with Crippen LogP contribution in [0.25, 0.3) is 0 Å². The molecule has 0 bridgehead atoms. The molecule has 0 aliphatic rings. The molecule has 0 fully saturated rings. The molecular weight excluding hydrogens is 260 g/mol. The number of carbonyl (C=O) groups excluding carboxylic acids is 1. The van der Waals surface area contributed by atoms with Crippen molar-refractivity contribution < 1.29 is 4.79 Å². The molecule has 4 heteroatoms. The zero-order chi connectivity index (χ0) is 14.0. The van der Waals surface area contributed by atoms with Gasteiger partial charge in [-0.1, -0.05) is 17.7 Å². The lowest BCUT2D eigenvalue weighted by atomic mass is 10.1. The fourth-order valence-electron chi connectivity index (χ4n) is 1.87. The number of aryl methyl sites for hydroxylation is 1. The van der Waals surface area contributed by atoms with Crippen LogP contribution < -0.4 is 11.1 Å². The van der Waals surface area contributed by atoms with Gasteiger partial charge in [-0.3, -0.25) is 4.79 Å². The lowest BCUT2D eigenvalue weighted by Gasteiger charge is -2.11. The summed E-state index contributed by atoms with van der Waals surface area (Å²) in [5, 5.41) is 3.49. The minimum atomic E-state index is -0.164. The summed E-state index contributed by atoms with van der Waals surface area (Å²) >= 11 is 6.03. The fraction of sp³-hybridized carbons (Fsp3) is 0.133. The Kier molecular flexibility index (Phi) is 3.76. The summed E-state index contributed by atoms with van der Waals surface area (Å²) in [6, 6.07) is 10.6. The van der Waals surface area contributed by atoms with Crippen molar-refractivity contribution in [3.8, 4) is 0 Å². The first kappa shape index (κ1) is 13.4. The van der Waals surface area contributed by atoms with Crippen molar-refractivity contribution in [2.45, 2.75) is 13.8 Å². The first-order chi connectivity index (χ1) is 8.99. The van der Waals surface area contributed by atoms with E-state index in [9.17, 15) is 4.79 Å². The molecule has 0 radical (unpaired) electrons. The number of halogens is 1. The van der Waals surface area contributed by atoms with Crippen LogP contribution in [0.3, 0.4) is 0 Å². The van der Waals surface area contributed by atoms with Gasteiger partial charge in [-0.2, -0.15) is 0 Å². The molecule has 0 saturated carbocycles. The average Bonchev–Trinajstić information content (AvgIpc) is 2.34. The van der Waals surface area contributed by atoms with E-state index < -0.39 is 0 Å². The first-order valence-corrected chi connectivity index (χ1v) is 6.29. The summed E-state index contributed by atoms with van der Waals surface area (Å²) in [5.41, 5.74) is 9.34. The Morgan fingerprint density at radius 3 is 2.63 bits per heavy atom. The lowest BCUT2D eigenvalue weighted by molar-refractivity contribution is 0.102. The summed E-state index contributed by atoms with van der Waals surface area (Å²) < 4.78 is 0. The van der Waals surface area contributed by atoms with E-state index in [1.54, 1.807) is 30.3 Å². The zero-order valence-electron chi connectivity index (χ0n) is 10.8. The summed E-state index contributed by atoms with van der Waals surface area (Å²) in [5.74, 6) is -0.164. The van der Waals surface area contributed by atoms with Crippen molar-refractivity contribution in [1.82, 2.24) is 0 Å². The highest BCUT2D eigenvalue weighted by Gasteiger charge is 2.11. The van der Waals surface area contributed by atoms with Gasteiger partial charge in [0.1, 0.15) is 0 Å². The predicted molar refractivity (Wildman–Crippen MR) is 79.7 cm³/mol. The van der Waals surface area contributed by atoms with Crippen molar-refractivity contribution >= 4 is 28.9 Å². The monoisotopic (exact) mass is 274 g/mol. The van der Waals surface area contributed by atoms with Gasteiger partial charge in [0.2, 0.25) is 0 Å². The maximum atomic E-state index is 12.2. The Labute approximate surface area is 117 Å². The summed E-state index contributed by atoms with van der Waals surface area (Å²) in [6.45, 7) is 3.73. The van der Waals surface area contributed by atoms with E-state index in [1.165, 1.54) is 0 Å². The van der Waals surface area contributed by atoms with E-state index >= 15 is 0 Å². The van der Waals surface area contributed by atoms with Crippen LogP contribution in [0, 0.1) is 13.8 Å². The number of nitrogens with two attached hydrogens (primary N) is 1. The molecule has 0 unspecified atom stereocenters. The van der Waals surface area contributed by atoms with Gasteiger partial charge in [0, 0.05) is 22.0 Å². The molecule has 0 spiro atoms. The molecule has 0 aromatic heterocycles. The van der Waals surface area contributed by atoms with Crippen molar-refractivity contribution in [3.63, 3.8) is 0 Å². The van der Waals surface area contributed by atoms with Crippen molar-refractivity contribution in [3.05, 3.63) is 58.1 Å². The van der Waals surface area contributed by atoms with Gasteiger partial charge in [-0.25, -0.2) is 0 Å². The zero-order valence-corrected chi connectivity index (χ0v) is 11.6. The Hall–Kier alpha value is -2.00. The van der Waals surface area contributed by atoms with E-state index in [4.69, 9.17) is 17.3 Å². The second kappa shape index (κ2) is 5.33. The maximum Gasteiger partial charge on any atom is 0.255 e. The van der Waals surface area contributed by atoms with Gasteiger partial charge in [0.15, 0.2) is 0 Å². The highest BCUT2D eigenvalue weighted by Crippen LogP contribution is 2.24. The van der Waals surface area contributed by atoms with Gasteiger partial charge in [0.25, 0.3) is 5.91 Å². The van der Waals surface area contributed by atoms with E-state index in [0.29, 0.717) is 22.0 Å². The number of nitrogens with one attached hydrogen (secondary N) is 1. The third kappa shape index (κ3) is 2.88. The van der Waals surface area contributed by atoms with E-state index in [1.807, 2.05) is 19.9 Å². The molecule has 0 aliphatic carbocycles. The number of benzene rings is 2. The Morgan fingerprint density at radius 1 is 1.21 bits per heavy atom. The second-order valence-electron chi connectivity index (χ2n) is 4.44. The van der Waals surface area contributed by atoms with Crippen LogP contribution >= 0.6 is 11.6 Å². The normalized spacial score (nSPS) is 10.3. The van der Waals surface area contributed by atoms with Gasteiger partial charge in [0.05, 0.1) is 0 Å². The molecule has 0 saturated heterocycles. The number of anilines is 2. The molecule has 19 heavy (non-hydrogen) atoms. The molecule has 3 N–H and O–H groups in total. The molecule has 2 aromatic carbocycles. The molecule has 1 amide bonds. The number of carbonyl (C=O) groups is 1. The lowest BCUT2D eigenvalue weighted by Crippen LogP contribution is -2.14. The van der Waals surface area contributed by atoms with E-state index in [2.05, 4.69) is 5.32 Å². The standard InChI is InChI=1S/C15H15ClN2O/c1-9-8-11(17)6-7-12(9)15(19)18-14-5-3-4-13(16)10(14)2/h3-8H,17H2,1-2H3,(H,18,19). The van der Waals surface area contributed by atoms with Crippen molar-refractivity contribution in [2.75, 3.05) is 11.1 Å². The fourth-order valence-corrected chi connectivity index (χ4v) is 2.05. The van der Waals surface area contributed by atoms with Crippen LogP contribution in [0.15, 0.2) is 36.4 Å². The molecule has 0 aliphatic heterocycles. The molecule has 3 nitrogen and oxygen atoms in total. The Bertz CT molecular complexity index is 638. The second-order valence-corrected chi connectivity index (χ2v) is 4.85. The summed E-state index contributed by atoms with van der Waals surface area (Å²) in [7, 11) is 0. The Morgan fingerprint density at radius 2 is 1.95 bits per heavy atom. The van der Waals surface area contributed by atoms with Crippen LogP contribution in [-0.4, -0.2) is 5.91 Å². The van der Waals surface area contributed by atoms with Crippen LogP contribution in [-0.2, 0) is 0 Å². The number of nitrogen functional groups attached to an aromatic ring is 1. The average molecular weight is 275 g/mol. The summed E-state index contributed by atoms with van der Waals surface area (Å²) in [6.07, 6.45) is 0. The topological polar surface area (TPSA) is 55.1 Å². The van der Waals surface area contributed by atoms with Crippen LogP contribution in [0.4, 0.5) is 11.4 Å². The third-order valence-corrected chi connectivity index (χ3v) is 3.42. The van der Waals surface area contributed by atoms with Gasteiger partial charge in [-0.05, 0) is 55.3 Å². The largest absolute Gasteiger partial charge is 0.399 e. The molecule has 0 heterocycles. The van der Waals surface area contributed by atoms with Gasteiger partial charge < -0.3 is 11.1 Å². The number of amides is 1. The SMILES string of the molecule is Cc1cc(N)ccc1C(=O)Nc1cccc(Cl)c1C. The molecule has 98 valence electrons.